The molecule has 0 amide bonds. The minimum absolute atomic E-state index is 0.831. The van der Waals surface area contributed by atoms with Gasteiger partial charge in [0.25, 0.3) is 0 Å². The highest BCUT2D eigenvalue weighted by molar-refractivity contribution is 5.93. The third kappa shape index (κ3) is 2.56. The van der Waals surface area contributed by atoms with Crippen LogP contribution in [-0.4, -0.2) is 7.11 Å². The predicted molar refractivity (Wildman–Crippen MR) is 99.9 cm³/mol. The summed E-state index contributed by atoms with van der Waals surface area (Å²) >= 11 is 0. The molecule has 2 heteroatoms. The highest BCUT2D eigenvalue weighted by Gasteiger charge is 2.22. The molecule has 0 saturated carbocycles. The molecule has 0 radical (unpaired) electrons. The summed E-state index contributed by atoms with van der Waals surface area (Å²) in [5.41, 5.74) is 6.09. The molecule has 0 bridgehead atoms. The molecule has 24 heavy (non-hydrogen) atoms. The van der Waals surface area contributed by atoms with Crippen LogP contribution in [0, 0.1) is 0 Å². The lowest BCUT2D eigenvalue weighted by Crippen LogP contribution is -2.24. The molecule has 1 heterocycles. The van der Waals surface area contributed by atoms with Crippen LogP contribution < -0.4 is 9.64 Å². The molecule has 0 spiro atoms. The van der Waals surface area contributed by atoms with E-state index in [1.807, 2.05) is 18.2 Å². The van der Waals surface area contributed by atoms with E-state index in [0.29, 0.717) is 0 Å². The molecule has 2 nitrogen and oxygen atoms in total. The van der Waals surface area contributed by atoms with E-state index in [1.54, 1.807) is 7.11 Å². The Morgan fingerprint density at radius 1 is 0.792 bits per heavy atom. The van der Waals surface area contributed by atoms with Crippen LogP contribution in [0.2, 0.25) is 0 Å². The van der Waals surface area contributed by atoms with Gasteiger partial charge < -0.3 is 9.64 Å². The lowest BCUT2D eigenvalue weighted by Gasteiger charge is -2.33. The first-order valence-corrected chi connectivity index (χ1v) is 8.12. The largest absolute Gasteiger partial charge is 0.495 e. The van der Waals surface area contributed by atoms with E-state index < -0.39 is 0 Å². The van der Waals surface area contributed by atoms with E-state index in [0.717, 1.165) is 18.0 Å². The first kappa shape index (κ1) is 14.6. The molecular formula is C22H19NO. The molecule has 0 fully saturated rings. The normalized spacial score (nSPS) is 13.2. The molecule has 0 atom stereocenters. The summed E-state index contributed by atoms with van der Waals surface area (Å²) in [7, 11) is 1.72. The van der Waals surface area contributed by atoms with Crippen molar-refractivity contribution in [1.29, 1.82) is 0 Å². The van der Waals surface area contributed by atoms with Gasteiger partial charge in [-0.05, 0) is 34.9 Å². The maximum atomic E-state index is 5.60. The topological polar surface area (TPSA) is 12.5 Å². The monoisotopic (exact) mass is 313 g/mol. The van der Waals surface area contributed by atoms with Gasteiger partial charge in [0.2, 0.25) is 0 Å². The first-order chi connectivity index (χ1) is 11.9. The fourth-order valence-electron chi connectivity index (χ4n) is 3.22. The van der Waals surface area contributed by atoms with E-state index in [9.17, 15) is 0 Å². The van der Waals surface area contributed by atoms with Crippen molar-refractivity contribution in [2.45, 2.75) is 6.54 Å². The summed E-state index contributed by atoms with van der Waals surface area (Å²) in [6.45, 7) is 0.831. The molecule has 0 saturated heterocycles. The first-order valence-electron chi connectivity index (χ1n) is 8.12. The van der Waals surface area contributed by atoms with Crippen LogP contribution in [-0.2, 0) is 6.54 Å². The molecule has 0 unspecified atom stereocenters. The molecule has 0 N–H and O–H groups in total. The van der Waals surface area contributed by atoms with E-state index in [-0.39, 0.29) is 0 Å². The second kappa shape index (κ2) is 6.25. The Bertz CT molecular complexity index is 883. The highest BCUT2D eigenvalue weighted by Crippen LogP contribution is 2.39. The number of hydrogen-bond donors (Lipinski definition) is 0. The average molecular weight is 313 g/mol. The van der Waals surface area contributed by atoms with Gasteiger partial charge in [0.05, 0.1) is 12.8 Å². The summed E-state index contributed by atoms with van der Waals surface area (Å²) < 4.78 is 5.60. The van der Waals surface area contributed by atoms with Crippen molar-refractivity contribution >= 4 is 17.5 Å². The molecule has 4 rings (SSSR count). The van der Waals surface area contributed by atoms with E-state index in [2.05, 4.69) is 71.6 Å². The summed E-state index contributed by atoms with van der Waals surface area (Å²) in [5, 5.41) is 0. The summed E-state index contributed by atoms with van der Waals surface area (Å²) in [5.74, 6) is 0.888. The SMILES string of the molecule is COc1ccccc1N1Cc2ccccc2C=C1c1ccccc1. The van der Waals surface area contributed by atoms with Gasteiger partial charge in [-0.1, -0.05) is 66.7 Å². The van der Waals surface area contributed by atoms with Gasteiger partial charge in [0.1, 0.15) is 5.75 Å². The van der Waals surface area contributed by atoms with Crippen LogP contribution in [0.4, 0.5) is 5.69 Å². The summed E-state index contributed by atoms with van der Waals surface area (Å²) in [6.07, 6.45) is 2.26. The lowest BCUT2D eigenvalue weighted by molar-refractivity contribution is 0.415. The van der Waals surface area contributed by atoms with Crippen molar-refractivity contribution in [2.75, 3.05) is 12.0 Å². The Hall–Kier alpha value is -3.00. The smallest absolute Gasteiger partial charge is 0.142 e. The molecule has 3 aromatic rings. The fraction of sp³-hybridized carbons (Fsp3) is 0.0909. The zero-order valence-electron chi connectivity index (χ0n) is 13.6. The number of methoxy groups -OCH3 is 1. The molecule has 0 aliphatic carbocycles. The van der Waals surface area contributed by atoms with Gasteiger partial charge in [-0.25, -0.2) is 0 Å². The number of anilines is 1. The van der Waals surface area contributed by atoms with Crippen molar-refractivity contribution < 1.29 is 4.74 Å². The van der Waals surface area contributed by atoms with Gasteiger partial charge in [-0.2, -0.15) is 0 Å². The standard InChI is InChI=1S/C22H19NO/c1-24-22-14-8-7-13-20(22)23-16-19-12-6-5-11-18(19)15-21(23)17-9-3-2-4-10-17/h2-15H,16H2,1H3. The summed E-state index contributed by atoms with van der Waals surface area (Å²) in [6, 6.07) is 27.3. The van der Waals surface area contributed by atoms with Gasteiger partial charge >= 0.3 is 0 Å². The number of nitrogens with zero attached hydrogens (tertiary/aromatic N) is 1. The molecule has 3 aromatic carbocycles. The van der Waals surface area contributed by atoms with Crippen LogP contribution in [0.3, 0.4) is 0 Å². The Labute approximate surface area is 142 Å². The Kier molecular flexibility index (Phi) is 3.80. The Morgan fingerprint density at radius 3 is 2.33 bits per heavy atom. The van der Waals surface area contributed by atoms with E-state index in [4.69, 9.17) is 4.74 Å². The van der Waals surface area contributed by atoms with Crippen LogP contribution in [0.15, 0.2) is 78.9 Å². The van der Waals surface area contributed by atoms with Crippen molar-refractivity contribution in [2.24, 2.45) is 0 Å². The minimum atomic E-state index is 0.831. The fourth-order valence-corrected chi connectivity index (χ4v) is 3.22. The Morgan fingerprint density at radius 2 is 1.50 bits per heavy atom. The van der Waals surface area contributed by atoms with Crippen molar-refractivity contribution in [3.63, 3.8) is 0 Å². The van der Waals surface area contributed by atoms with Crippen LogP contribution in [0.25, 0.3) is 11.8 Å². The minimum Gasteiger partial charge on any atom is -0.495 e. The molecule has 0 aromatic heterocycles. The number of hydrogen-bond acceptors (Lipinski definition) is 2. The second-order valence-corrected chi connectivity index (χ2v) is 5.85. The molecule has 1 aliphatic heterocycles. The van der Waals surface area contributed by atoms with Gasteiger partial charge in [-0.3, -0.25) is 0 Å². The zero-order valence-corrected chi connectivity index (χ0v) is 13.6. The number of ether oxygens (including phenoxy) is 1. The van der Waals surface area contributed by atoms with Crippen LogP contribution in [0.5, 0.6) is 5.75 Å². The Balaban J connectivity index is 1.89. The zero-order chi connectivity index (χ0) is 16.4. The highest BCUT2D eigenvalue weighted by atomic mass is 16.5. The second-order valence-electron chi connectivity index (χ2n) is 5.85. The maximum absolute atomic E-state index is 5.60. The van der Waals surface area contributed by atoms with Crippen molar-refractivity contribution in [3.05, 3.63) is 95.6 Å². The van der Waals surface area contributed by atoms with Gasteiger partial charge in [0.15, 0.2) is 0 Å². The lowest BCUT2D eigenvalue weighted by atomic mass is 9.97. The van der Waals surface area contributed by atoms with E-state index in [1.165, 1.54) is 22.4 Å². The quantitative estimate of drug-likeness (QED) is 0.658. The average Bonchev–Trinajstić information content (AvgIpc) is 2.67. The number of fused-ring (bicyclic) bond motifs is 1. The number of rotatable bonds is 3. The third-order valence-corrected chi connectivity index (χ3v) is 4.41. The maximum Gasteiger partial charge on any atom is 0.142 e. The van der Waals surface area contributed by atoms with Gasteiger partial charge in [-0.15, -0.1) is 0 Å². The summed E-state index contributed by atoms with van der Waals surface area (Å²) in [4.78, 5) is 2.33. The van der Waals surface area contributed by atoms with E-state index >= 15 is 0 Å². The molecule has 118 valence electrons. The molecule has 1 aliphatic rings. The van der Waals surface area contributed by atoms with Crippen molar-refractivity contribution in [3.8, 4) is 5.75 Å². The molecular weight excluding hydrogens is 294 g/mol. The van der Waals surface area contributed by atoms with Crippen molar-refractivity contribution in [1.82, 2.24) is 0 Å². The number of para-hydroxylation sites is 2. The van der Waals surface area contributed by atoms with Crippen LogP contribution >= 0.6 is 0 Å². The third-order valence-electron chi connectivity index (χ3n) is 4.41. The predicted octanol–water partition coefficient (Wildman–Crippen LogP) is 5.21. The number of benzene rings is 3. The van der Waals surface area contributed by atoms with Gasteiger partial charge in [0, 0.05) is 12.2 Å². The van der Waals surface area contributed by atoms with Crippen LogP contribution in [0.1, 0.15) is 16.7 Å².